The van der Waals surface area contributed by atoms with Crippen molar-refractivity contribution >= 4 is 8.32 Å². The molecular weight excluding hydrogens is 224 g/mol. The first kappa shape index (κ1) is 16.9. The van der Waals surface area contributed by atoms with E-state index in [1.165, 1.54) is 51.4 Å². The quantitative estimate of drug-likeness (QED) is 0.268. The van der Waals surface area contributed by atoms with E-state index in [9.17, 15) is 0 Å². The van der Waals surface area contributed by atoms with Gasteiger partial charge in [0.15, 0.2) is 8.32 Å². The second-order valence-corrected chi connectivity index (χ2v) is 10.3. The number of hydrogen-bond acceptors (Lipinski definition) is 1. The van der Waals surface area contributed by atoms with Gasteiger partial charge in [0.1, 0.15) is 0 Å². The first-order valence-corrected chi connectivity index (χ1v) is 10.8. The molecule has 0 aromatic carbocycles. The van der Waals surface area contributed by atoms with E-state index in [1.807, 2.05) is 0 Å². The standard InChI is InChI=1S/C15H32OSi/c1-5-6-7-8-9-10-11-12-13-14-15-16-17(2,3)4/h13-14H,5-12,15H2,1-4H3/b14-13+. The lowest BCUT2D eigenvalue weighted by Gasteiger charge is -2.14. The molecule has 0 bridgehead atoms. The van der Waals surface area contributed by atoms with Crippen molar-refractivity contribution in [3.05, 3.63) is 12.2 Å². The number of hydrogen-bond donors (Lipinski definition) is 0. The minimum atomic E-state index is -1.30. The van der Waals surface area contributed by atoms with Crippen molar-refractivity contribution in [2.24, 2.45) is 0 Å². The van der Waals surface area contributed by atoms with Crippen molar-refractivity contribution < 1.29 is 4.43 Å². The SMILES string of the molecule is CCCCCCCCC/C=C/CO[Si](C)(C)C. The van der Waals surface area contributed by atoms with E-state index in [0.29, 0.717) is 0 Å². The lowest BCUT2D eigenvalue weighted by Crippen LogP contribution is -2.25. The molecule has 0 amide bonds. The van der Waals surface area contributed by atoms with Crippen LogP contribution in [0.3, 0.4) is 0 Å². The molecule has 0 saturated heterocycles. The van der Waals surface area contributed by atoms with E-state index in [0.717, 1.165) is 6.61 Å². The molecule has 0 aliphatic rings. The molecule has 0 saturated carbocycles. The van der Waals surface area contributed by atoms with Gasteiger partial charge in [-0.15, -0.1) is 0 Å². The number of rotatable bonds is 11. The highest BCUT2D eigenvalue weighted by Crippen LogP contribution is 2.08. The summed E-state index contributed by atoms with van der Waals surface area (Å²) in [6, 6.07) is 0. The Morgan fingerprint density at radius 2 is 1.41 bits per heavy atom. The smallest absolute Gasteiger partial charge is 0.184 e. The van der Waals surface area contributed by atoms with Crippen molar-refractivity contribution in [2.75, 3.05) is 6.61 Å². The average molecular weight is 257 g/mol. The maximum absolute atomic E-state index is 5.75. The second kappa shape index (κ2) is 11.0. The minimum Gasteiger partial charge on any atom is -0.414 e. The van der Waals surface area contributed by atoms with Crippen LogP contribution in [-0.2, 0) is 4.43 Å². The third-order valence-electron chi connectivity index (χ3n) is 2.75. The first-order chi connectivity index (χ1) is 8.06. The van der Waals surface area contributed by atoms with E-state index >= 15 is 0 Å². The Morgan fingerprint density at radius 1 is 0.824 bits per heavy atom. The van der Waals surface area contributed by atoms with Crippen LogP contribution in [0.1, 0.15) is 58.3 Å². The molecule has 2 heteroatoms. The molecular formula is C15H32OSi. The molecule has 0 spiro atoms. The summed E-state index contributed by atoms with van der Waals surface area (Å²) in [6.07, 6.45) is 15.5. The molecule has 0 fully saturated rings. The van der Waals surface area contributed by atoms with Gasteiger partial charge in [-0.25, -0.2) is 0 Å². The fraction of sp³-hybridized carbons (Fsp3) is 0.867. The summed E-state index contributed by atoms with van der Waals surface area (Å²) >= 11 is 0. The average Bonchev–Trinajstić information content (AvgIpc) is 2.24. The van der Waals surface area contributed by atoms with Crippen molar-refractivity contribution in [1.82, 2.24) is 0 Å². The zero-order valence-electron chi connectivity index (χ0n) is 12.4. The molecule has 0 aliphatic carbocycles. The van der Waals surface area contributed by atoms with Gasteiger partial charge in [0.25, 0.3) is 0 Å². The van der Waals surface area contributed by atoms with Crippen LogP contribution in [0.4, 0.5) is 0 Å². The lowest BCUT2D eigenvalue weighted by molar-refractivity contribution is 0.357. The summed E-state index contributed by atoms with van der Waals surface area (Å²) in [5.41, 5.74) is 0. The van der Waals surface area contributed by atoms with E-state index in [4.69, 9.17) is 4.43 Å². The van der Waals surface area contributed by atoms with Crippen molar-refractivity contribution in [1.29, 1.82) is 0 Å². The van der Waals surface area contributed by atoms with Crippen molar-refractivity contribution in [2.45, 2.75) is 77.9 Å². The second-order valence-electron chi connectivity index (χ2n) is 5.80. The normalized spacial score (nSPS) is 12.5. The van der Waals surface area contributed by atoms with Crippen molar-refractivity contribution in [3.63, 3.8) is 0 Å². The molecule has 0 unspecified atom stereocenters. The predicted molar refractivity (Wildman–Crippen MR) is 81.0 cm³/mol. The van der Waals surface area contributed by atoms with Gasteiger partial charge >= 0.3 is 0 Å². The van der Waals surface area contributed by atoms with Gasteiger partial charge in [-0.2, -0.15) is 0 Å². The topological polar surface area (TPSA) is 9.23 Å². The number of unbranched alkanes of at least 4 members (excludes halogenated alkanes) is 7. The van der Waals surface area contributed by atoms with Crippen LogP contribution < -0.4 is 0 Å². The van der Waals surface area contributed by atoms with Gasteiger partial charge < -0.3 is 4.43 Å². The highest BCUT2D eigenvalue weighted by Gasteiger charge is 2.11. The Labute approximate surface area is 110 Å². The van der Waals surface area contributed by atoms with Crippen LogP contribution in [0.5, 0.6) is 0 Å². The molecule has 0 radical (unpaired) electrons. The zero-order valence-corrected chi connectivity index (χ0v) is 13.4. The van der Waals surface area contributed by atoms with E-state index in [2.05, 4.69) is 38.7 Å². The highest BCUT2D eigenvalue weighted by atomic mass is 28.4. The zero-order chi connectivity index (χ0) is 13.0. The molecule has 0 rings (SSSR count). The summed E-state index contributed by atoms with van der Waals surface area (Å²) in [4.78, 5) is 0. The molecule has 102 valence electrons. The summed E-state index contributed by atoms with van der Waals surface area (Å²) in [7, 11) is -1.30. The largest absolute Gasteiger partial charge is 0.414 e. The van der Waals surface area contributed by atoms with E-state index in [1.54, 1.807) is 0 Å². The van der Waals surface area contributed by atoms with Crippen LogP contribution in [0.15, 0.2) is 12.2 Å². The monoisotopic (exact) mass is 256 g/mol. The predicted octanol–water partition coefficient (Wildman–Crippen LogP) is 5.53. The summed E-state index contributed by atoms with van der Waals surface area (Å²) in [5.74, 6) is 0. The molecule has 0 heterocycles. The molecule has 0 aliphatic heterocycles. The van der Waals surface area contributed by atoms with Gasteiger partial charge in [0.2, 0.25) is 0 Å². The van der Waals surface area contributed by atoms with Gasteiger partial charge in [0.05, 0.1) is 6.61 Å². The van der Waals surface area contributed by atoms with Crippen LogP contribution >= 0.6 is 0 Å². The molecule has 0 aromatic heterocycles. The Bertz CT molecular complexity index is 182. The fourth-order valence-electron chi connectivity index (χ4n) is 1.70. The van der Waals surface area contributed by atoms with Gasteiger partial charge in [-0.3, -0.25) is 0 Å². The van der Waals surface area contributed by atoms with Gasteiger partial charge in [-0.1, -0.05) is 57.6 Å². The molecule has 0 N–H and O–H groups in total. The van der Waals surface area contributed by atoms with Gasteiger partial charge in [-0.05, 0) is 32.5 Å². The van der Waals surface area contributed by atoms with Crippen molar-refractivity contribution in [3.8, 4) is 0 Å². The minimum absolute atomic E-state index is 0.812. The summed E-state index contributed by atoms with van der Waals surface area (Å²) < 4.78 is 5.75. The van der Waals surface area contributed by atoms with E-state index < -0.39 is 8.32 Å². The van der Waals surface area contributed by atoms with Gasteiger partial charge in [0, 0.05) is 0 Å². The maximum Gasteiger partial charge on any atom is 0.184 e. The Balaban J connectivity index is 3.14. The fourth-order valence-corrected chi connectivity index (χ4v) is 2.30. The van der Waals surface area contributed by atoms with Crippen LogP contribution in [0.25, 0.3) is 0 Å². The lowest BCUT2D eigenvalue weighted by atomic mass is 10.1. The Kier molecular flexibility index (Phi) is 11.0. The third-order valence-corrected chi connectivity index (χ3v) is 3.79. The maximum atomic E-state index is 5.75. The van der Waals surface area contributed by atoms with E-state index in [-0.39, 0.29) is 0 Å². The summed E-state index contributed by atoms with van der Waals surface area (Å²) in [5, 5.41) is 0. The van der Waals surface area contributed by atoms with Crippen LogP contribution in [0, 0.1) is 0 Å². The molecule has 0 atom stereocenters. The van der Waals surface area contributed by atoms with Crippen LogP contribution in [0.2, 0.25) is 19.6 Å². The first-order valence-electron chi connectivity index (χ1n) is 7.35. The Morgan fingerprint density at radius 3 is 2.00 bits per heavy atom. The highest BCUT2D eigenvalue weighted by molar-refractivity contribution is 6.69. The molecule has 1 nitrogen and oxygen atoms in total. The Hall–Kier alpha value is -0.0831. The number of allylic oxidation sites excluding steroid dienone is 1. The van der Waals surface area contributed by atoms with Crippen LogP contribution in [-0.4, -0.2) is 14.9 Å². The molecule has 0 aromatic rings. The summed E-state index contributed by atoms with van der Waals surface area (Å²) in [6.45, 7) is 9.78. The molecule has 17 heavy (non-hydrogen) atoms. The third kappa shape index (κ3) is 15.9.